The van der Waals surface area contributed by atoms with Crippen LogP contribution < -0.4 is 20.1 Å². The molecule has 0 amide bonds. The maximum Gasteiger partial charge on any atom is 0.304 e. The lowest BCUT2D eigenvalue weighted by Gasteiger charge is -2.12. The Kier molecular flexibility index (Phi) is 4.66. The minimum Gasteiger partial charge on any atom is -0.492 e. The van der Waals surface area contributed by atoms with E-state index in [1.54, 1.807) is 18.4 Å². The molecule has 9 heteroatoms. The first-order chi connectivity index (χ1) is 9.92. The zero-order valence-corrected chi connectivity index (χ0v) is 12.9. The third-order valence-electron chi connectivity index (χ3n) is 2.58. The van der Waals surface area contributed by atoms with E-state index < -0.39 is 10.0 Å². The van der Waals surface area contributed by atoms with Gasteiger partial charge >= 0.3 is 4.87 Å². The molecule has 0 fully saturated rings. The summed E-state index contributed by atoms with van der Waals surface area (Å²) >= 11 is 0.974. The first kappa shape index (κ1) is 15.5. The number of anilines is 1. The summed E-state index contributed by atoms with van der Waals surface area (Å²) in [7, 11) is -3.80. The molecule has 0 radical (unpaired) electrons. The highest BCUT2D eigenvalue weighted by Gasteiger charge is 2.20. The van der Waals surface area contributed by atoms with Gasteiger partial charge in [-0.1, -0.05) is 11.3 Å². The van der Waals surface area contributed by atoms with E-state index in [1.165, 1.54) is 12.1 Å². The zero-order valence-electron chi connectivity index (χ0n) is 11.3. The zero-order chi connectivity index (χ0) is 15.5. The van der Waals surface area contributed by atoms with Gasteiger partial charge in [0.05, 0.1) is 13.2 Å². The van der Waals surface area contributed by atoms with Crippen molar-refractivity contribution in [1.29, 1.82) is 0 Å². The minimum absolute atomic E-state index is 0.0125. The average molecular weight is 329 g/mol. The molecular formula is C12H15N3O4S2. The highest BCUT2D eigenvalue weighted by Crippen LogP contribution is 2.26. The van der Waals surface area contributed by atoms with Crippen molar-refractivity contribution in [2.75, 3.05) is 12.3 Å². The summed E-state index contributed by atoms with van der Waals surface area (Å²) in [4.78, 5) is 13.3. The minimum atomic E-state index is -3.80. The molecule has 7 nitrogen and oxygen atoms in total. The van der Waals surface area contributed by atoms with Crippen molar-refractivity contribution in [1.82, 2.24) is 9.71 Å². The van der Waals surface area contributed by atoms with Gasteiger partial charge < -0.3 is 15.5 Å². The lowest BCUT2D eigenvalue weighted by Crippen LogP contribution is -2.24. The summed E-state index contributed by atoms with van der Waals surface area (Å²) in [6.45, 7) is 2.09. The largest absolute Gasteiger partial charge is 0.492 e. The Hall–Kier alpha value is -1.84. The highest BCUT2D eigenvalue weighted by molar-refractivity contribution is 7.89. The van der Waals surface area contributed by atoms with Gasteiger partial charge in [-0.2, -0.15) is 0 Å². The lowest BCUT2D eigenvalue weighted by molar-refractivity contribution is 0.331. The van der Waals surface area contributed by atoms with E-state index in [0.29, 0.717) is 18.0 Å². The van der Waals surface area contributed by atoms with E-state index in [4.69, 9.17) is 10.5 Å². The number of nitrogen functional groups attached to an aromatic ring is 1. The van der Waals surface area contributed by atoms with Crippen LogP contribution in [0.4, 0.5) is 5.69 Å². The normalized spacial score (nSPS) is 11.5. The molecule has 0 spiro atoms. The molecule has 21 heavy (non-hydrogen) atoms. The van der Waals surface area contributed by atoms with Crippen molar-refractivity contribution in [3.63, 3.8) is 0 Å². The third kappa shape index (κ3) is 3.84. The summed E-state index contributed by atoms with van der Waals surface area (Å²) in [6.07, 6.45) is 0. The van der Waals surface area contributed by atoms with Crippen molar-refractivity contribution in [2.24, 2.45) is 0 Å². The van der Waals surface area contributed by atoms with Gasteiger partial charge in [0.1, 0.15) is 10.6 Å². The van der Waals surface area contributed by atoms with Crippen LogP contribution >= 0.6 is 11.3 Å². The van der Waals surface area contributed by atoms with E-state index in [2.05, 4.69) is 9.71 Å². The van der Waals surface area contributed by atoms with Gasteiger partial charge in [0.2, 0.25) is 10.0 Å². The van der Waals surface area contributed by atoms with Crippen molar-refractivity contribution in [3.05, 3.63) is 38.9 Å². The number of nitrogens with one attached hydrogen (secondary N) is 2. The van der Waals surface area contributed by atoms with Crippen molar-refractivity contribution < 1.29 is 13.2 Å². The molecule has 0 saturated carbocycles. The van der Waals surface area contributed by atoms with Crippen LogP contribution in [0.3, 0.4) is 0 Å². The van der Waals surface area contributed by atoms with Crippen LogP contribution in [0.15, 0.2) is 33.3 Å². The van der Waals surface area contributed by atoms with E-state index in [1.807, 2.05) is 0 Å². The molecule has 0 atom stereocenters. The van der Waals surface area contributed by atoms with Gasteiger partial charge in [0, 0.05) is 16.8 Å². The number of aromatic amines is 1. The third-order valence-corrected chi connectivity index (χ3v) is 4.72. The fourth-order valence-corrected chi connectivity index (χ4v) is 3.43. The van der Waals surface area contributed by atoms with Gasteiger partial charge in [-0.05, 0) is 25.1 Å². The van der Waals surface area contributed by atoms with E-state index in [9.17, 15) is 13.2 Å². The molecule has 1 aromatic carbocycles. The number of ether oxygens (including phenoxy) is 1. The Bertz CT molecular complexity index is 780. The quantitative estimate of drug-likeness (QED) is 0.681. The highest BCUT2D eigenvalue weighted by atomic mass is 32.2. The fourth-order valence-electron chi connectivity index (χ4n) is 1.66. The summed E-state index contributed by atoms with van der Waals surface area (Å²) in [5, 5.41) is 1.56. The van der Waals surface area contributed by atoms with Gasteiger partial charge in [0.15, 0.2) is 0 Å². The van der Waals surface area contributed by atoms with Crippen LogP contribution in [0, 0.1) is 0 Å². The molecule has 2 rings (SSSR count). The van der Waals surface area contributed by atoms with Gasteiger partial charge in [0.25, 0.3) is 0 Å². The molecule has 0 unspecified atom stereocenters. The Morgan fingerprint density at radius 3 is 2.81 bits per heavy atom. The predicted molar refractivity (Wildman–Crippen MR) is 81.0 cm³/mol. The standard InChI is InChI=1S/C12H15N3O4S2/c1-2-19-10-4-3-8(13)5-11(10)21(17,18)14-6-9-7-20-12(16)15-9/h3-5,7,14H,2,6,13H2,1H3,(H,15,16). The van der Waals surface area contributed by atoms with Gasteiger partial charge in [-0.25, -0.2) is 13.1 Å². The van der Waals surface area contributed by atoms with Crippen molar-refractivity contribution >= 4 is 27.0 Å². The number of aromatic nitrogens is 1. The van der Waals surface area contributed by atoms with Gasteiger partial charge in [-0.3, -0.25) is 4.79 Å². The molecule has 0 aliphatic heterocycles. The van der Waals surface area contributed by atoms with Crippen molar-refractivity contribution in [2.45, 2.75) is 18.4 Å². The molecule has 114 valence electrons. The summed E-state index contributed by atoms with van der Waals surface area (Å²) in [5.74, 6) is 0.234. The Balaban J connectivity index is 2.26. The van der Waals surface area contributed by atoms with Crippen LogP contribution in [-0.4, -0.2) is 20.0 Å². The first-order valence-corrected chi connectivity index (χ1v) is 8.47. The maximum absolute atomic E-state index is 12.3. The first-order valence-electron chi connectivity index (χ1n) is 6.11. The number of H-pyrrole nitrogens is 1. The SMILES string of the molecule is CCOc1ccc(N)cc1S(=O)(=O)NCc1csc(=O)[nH]1. The molecule has 0 bridgehead atoms. The molecule has 0 aliphatic carbocycles. The smallest absolute Gasteiger partial charge is 0.304 e. The second kappa shape index (κ2) is 6.29. The average Bonchev–Trinajstić information content (AvgIpc) is 2.85. The van der Waals surface area contributed by atoms with E-state index in [0.717, 1.165) is 11.3 Å². The summed E-state index contributed by atoms with van der Waals surface area (Å²) in [5.41, 5.74) is 6.46. The predicted octanol–water partition coefficient (Wildman–Crippen LogP) is 0.896. The Morgan fingerprint density at radius 2 is 2.19 bits per heavy atom. The Labute approximate surface area is 125 Å². The monoisotopic (exact) mass is 329 g/mol. The van der Waals surface area contributed by atoms with Crippen LogP contribution in [0.1, 0.15) is 12.6 Å². The van der Waals surface area contributed by atoms with Crippen LogP contribution in [0.2, 0.25) is 0 Å². The number of benzene rings is 1. The molecule has 2 aromatic rings. The van der Waals surface area contributed by atoms with Crippen LogP contribution in [0.25, 0.3) is 0 Å². The second-order valence-electron chi connectivity index (χ2n) is 4.14. The lowest BCUT2D eigenvalue weighted by atomic mass is 10.3. The fraction of sp³-hybridized carbons (Fsp3) is 0.250. The summed E-state index contributed by atoms with van der Waals surface area (Å²) < 4.78 is 32.4. The second-order valence-corrected chi connectivity index (χ2v) is 6.71. The Morgan fingerprint density at radius 1 is 1.43 bits per heavy atom. The number of thiazole rings is 1. The molecule has 4 N–H and O–H groups in total. The number of hydrogen-bond acceptors (Lipinski definition) is 6. The topological polar surface area (TPSA) is 114 Å². The van der Waals surface area contributed by atoms with Crippen LogP contribution in [-0.2, 0) is 16.6 Å². The van der Waals surface area contributed by atoms with E-state index in [-0.39, 0.29) is 22.1 Å². The van der Waals surface area contributed by atoms with Gasteiger partial charge in [-0.15, -0.1) is 0 Å². The molecule has 0 aliphatic rings. The number of hydrogen-bond donors (Lipinski definition) is 3. The number of sulfonamides is 1. The van der Waals surface area contributed by atoms with Crippen molar-refractivity contribution in [3.8, 4) is 5.75 Å². The molecule has 1 heterocycles. The molecule has 1 aromatic heterocycles. The van der Waals surface area contributed by atoms with Crippen LogP contribution in [0.5, 0.6) is 5.75 Å². The number of nitrogens with two attached hydrogens (primary N) is 1. The maximum atomic E-state index is 12.3. The number of rotatable bonds is 6. The molecule has 0 saturated heterocycles. The summed E-state index contributed by atoms with van der Waals surface area (Å²) in [6, 6.07) is 4.42. The van der Waals surface area contributed by atoms with E-state index >= 15 is 0 Å². The molecular weight excluding hydrogens is 314 g/mol.